The van der Waals surface area contributed by atoms with Crippen LogP contribution in [-0.2, 0) is 46.2 Å². The summed E-state index contributed by atoms with van der Waals surface area (Å²) in [4.78, 5) is 111. The van der Waals surface area contributed by atoms with Crippen LogP contribution < -0.4 is 20.4 Å². The summed E-state index contributed by atoms with van der Waals surface area (Å²) in [6.07, 6.45) is 0.168. The second-order valence-electron chi connectivity index (χ2n) is 19.9. The molecule has 22 heteroatoms. The SMILES string of the molecule is COC(=O)N[C@H](C(=O)N1CCC[C@H]1C(=O)Cc1ccc([C@H]2CC[C@H](c3ccc(CC(=O)[C@@H]4CCCN4C(=O)[C@@H](NC(=O)OC)C(C)C)c([N+](=O)[O-])c3)N2c2ccc(N3CCOCC3)c(F)c2)cc1[N+](=O)[O-])C(C)C. The van der Waals surface area contributed by atoms with Crippen molar-refractivity contribution < 1.29 is 57.2 Å². The second-order valence-corrected chi connectivity index (χ2v) is 19.9. The molecule has 0 radical (unpaired) electrons. The zero-order valence-corrected chi connectivity index (χ0v) is 42.6. The molecule has 3 aromatic carbocycles. The summed E-state index contributed by atoms with van der Waals surface area (Å²) in [5.41, 5.74) is 1.33. The molecule has 74 heavy (non-hydrogen) atoms. The lowest BCUT2D eigenvalue weighted by Gasteiger charge is -2.34. The van der Waals surface area contributed by atoms with Gasteiger partial charge in [-0.1, -0.05) is 52.0 Å². The first kappa shape index (κ1) is 54.5. The highest BCUT2D eigenvalue weighted by Gasteiger charge is 2.42. The zero-order valence-electron chi connectivity index (χ0n) is 42.6. The number of nitro benzene ring substituents is 2. The minimum Gasteiger partial charge on any atom is -0.453 e. The molecule has 4 fully saturated rings. The number of hydrogen-bond donors (Lipinski definition) is 2. The molecule has 0 bridgehead atoms. The number of benzene rings is 3. The number of halogens is 1. The van der Waals surface area contributed by atoms with Crippen molar-refractivity contribution in [2.75, 3.05) is 63.4 Å². The monoisotopic (exact) mass is 1030 g/mol. The molecule has 0 saturated carbocycles. The molecule has 2 N–H and O–H groups in total. The molecule has 0 unspecified atom stereocenters. The summed E-state index contributed by atoms with van der Waals surface area (Å²) in [7, 11) is 2.36. The van der Waals surface area contributed by atoms with Crippen LogP contribution in [0.3, 0.4) is 0 Å². The molecule has 4 heterocycles. The van der Waals surface area contributed by atoms with Gasteiger partial charge in [0.2, 0.25) is 11.8 Å². The largest absolute Gasteiger partial charge is 0.453 e. The Morgan fingerprint density at radius 1 is 0.662 bits per heavy atom. The molecule has 0 aliphatic carbocycles. The number of anilines is 2. The Kier molecular flexibility index (Phi) is 17.5. The van der Waals surface area contributed by atoms with E-state index in [0.717, 1.165) is 0 Å². The summed E-state index contributed by atoms with van der Waals surface area (Å²) in [5, 5.41) is 30.8. The summed E-state index contributed by atoms with van der Waals surface area (Å²) in [6, 6.07) is 9.08. The van der Waals surface area contributed by atoms with Gasteiger partial charge in [0.05, 0.1) is 67.1 Å². The van der Waals surface area contributed by atoms with Gasteiger partial charge in [0.1, 0.15) is 17.9 Å². The Morgan fingerprint density at radius 2 is 1.11 bits per heavy atom. The number of morpholine rings is 1. The average Bonchev–Trinajstić information content (AvgIpc) is 4.18. The number of ketones is 2. The van der Waals surface area contributed by atoms with Crippen LogP contribution in [0.1, 0.15) is 101 Å². The molecule has 4 aliphatic rings. The predicted octanol–water partition coefficient (Wildman–Crippen LogP) is 6.53. The van der Waals surface area contributed by atoms with Crippen molar-refractivity contribution in [1.82, 2.24) is 20.4 Å². The number of amides is 4. The topological polar surface area (TPSA) is 253 Å². The van der Waals surface area contributed by atoms with Gasteiger partial charge in [-0.25, -0.2) is 14.0 Å². The number of rotatable bonds is 18. The Balaban J connectivity index is 1.18. The number of nitro groups is 2. The highest BCUT2D eigenvalue weighted by Crippen LogP contribution is 2.49. The van der Waals surface area contributed by atoms with Gasteiger partial charge in [-0.2, -0.15) is 0 Å². The standard InChI is InChI=1S/C52H65FN8O13/c1-30(2)47(54-51(66)72-5)49(64)57-19-7-9-41(57)45(62)27-34-13-11-32(25-43(34)60(68)69)38-17-18-39(59(38)36-15-16-40(37(53)29-36)56-21-23-74-24-22-56)33-12-14-35(44(26-33)61(70)71)28-46(63)42-10-8-20-58(42)50(65)48(31(3)4)55-52(67)73-6/h11-16,25-26,29-31,38-39,41-42,47-48H,7-10,17-24,27-28H2,1-6H3,(H,54,66)(H,55,67)/t38-,39-,41+,42+,47+,48+/m1/s1. The van der Waals surface area contributed by atoms with Gasteiger partial charge in [-0.05, 0) is 79.7 Å². The van der Waals surface area contributed by atoms with E-state index in [-0.39, 0.29) is 60.3 Å². The molecule has 4 amide bonds. The Labute approximate surface area is 428 Å². The van der Waals surface area contributed by atoms with Crippen LogP contribution in [0.4, 0.5) is 36.7 Å². The number of nitrogens with one attached hydrogen (secondary N) is 2. The van der Waals surface area contributed by atoms with Crippen molar-refractivity contribution in [2.24, 2.45) is 11.8 Å². The van der Waals surface area contributed by atoms with E-state index >= 15 is 4.39 Å². The van der Waals surface area contributed by atoms with E-state index in [0.29, 0.717) is 87.3 Å². The minimum absolute atomic E-state index is 0.126. The van der Waals surface area contributed by atoms with E-state index in [1.165, 1.54) is 54.4 Å². The van der Waals surface area contributed by atoms with E-state index in [9.17, 15) is 49.0 Å². The lowest BCUT2D eigenvalue weighted by Crippen LogP contribution is -2.53. The summed E-state index contributed by atoms with van der Waals surface area (Å²) >= 11 is 0. The molecule has 21 nitrogen and oxygen atoms in total. The van der Waals surface area contributed by atoms with Crippen molar-refractivity contribution >= 4 is 58.3 Å². The predicted molar refractivity (Wildman–Crippen MR) is 268 cm³/mol. The molecule has 7 rings (SSSR count). The number of hydrogen-bond acceptors (Lipinski definition) is 15. The number of carbonyl (C=O) groups excluding carboxylic acids is 6. The van der Waals surface area contributed by atoms with Crippen molar-refractivity contribution in [3.8, 4) is 0 Å². The molecule has 4 aliphatic heterocycles. The maximum Gasteiger partial charge on any atom is 0.407 e. The van der Waals surface area contributed by atoms with Gasteiger partial charge < -0.3 is 44.4 Å². The van der Waals surface area contributed by atoms with Crippen molar-refractivity contribution in [3.05, 3.63) is 103 Å². The van der Waals surface area contributed by atoms with E-state index in [1.54, 1.807) is 52.0 Å². The van der Waals surface area contributed by atoms with E-state index < -0.39 is 87.5 Å². The van der Waals surface area contributed by atoms with Gasteiger partial charge >= 0.3 is 12.2 Å². The quantitative estimate of drug-likeness (QED) is 0.102. The fourth-order valence-electron chi connectivity index (χ4n) is 10.9. The fourth-order valence-corrected chi connectivity index (χ4v) is 10.9. The first-order valence-corrected chi connectivity index (χ1v) is 25.1. The third-order valence-electron chi connectivity index (χ3n) is 14.7. The normalized spacial score (nSPS) is 20.6. The van der Waals surface area contributed by atoms with Crippen LogP contribution in [0.25, 0.3) is 0 Å². The van der Waals surface area contributed by atoms with E-state index in [2.05, 4.69) is 10.6 Å². The number of Topliss-reactive ketones (excluding diaryl/α,β-unsaturated/α-hetero) is 2. The number of nitrogens with zero attached hydrogens (tertiary/aromatic N) is 6. The van der Waals surface area contributed by atoms with Crippen LogP contribution in [0.5, 0.6) is 0 Å². The zero-order chi connectivity index (χ0) is 53.5. The average molecular weight is 1030 g/mol. The van der Waals surface area contributed by atoms with Crippen molar-refractivity contribution in [3.63, 3.8) is 0 Å². The first-order valence-electron chi connectivity index (χ1n) is 25.1. The van der Waals surface area contributed by atoms with Crippen LogP contribution >= 0.6 is 0 Å². The van der Waals surface area contributed by atoms with Crippen molar-refractivity contribution in [1.29, 1.82) is 0 Å². The maximum atomic E-state index is 16.3. The van der Waals surface area contributed by atoms with Gasteiger partial charge in [-0.15, -0.1) is 0 Å². The molecule has 0 spiro atoms. The number of carbonyl (C=O) groups is 6. The molecule has 0 aromatic heterocycles. The highest BCUT2D eigenvalue weighted by atomic mass is 19.1. The summed E-state index contributed by atoms with van der Waals surface area (Å²) in [6.45, 7) is 9.33. The Bertz CT molecular complexity index is 2500. The molecule has 6 atom stereocenters. The van der Waals surface area contributed by atoms with Crippen LogP contribution in [0, 0.1) is 37.9 Å². The molecular formula is C52H65FN8O13. The number of alkyl carbamates (subject to hydrolysis) is 2. The van der Waals surface area contributed by atoms with Crippen LogP contribution in [0.2, 0.25) is 0 Å². The summed E-state index contributed by atoms with van der Waals surface area (Å²) < 4.78 is 31.2. The molecular weight excluding hydrogens is 964 g/mol. The maximum absolute atomic E-state index is 16.3. The van der Waals surface area contributed by atoms with Gasteiger partial charge in [0, 0.05) is 68.0 Å². The van der Waals surface area contributed by atoms with Crippen LogP contribution in [0.15, 0.2) is 54.6 Å². The molecule has 398 valence electrons. The van der Waals surface area contributed by atoms with Gasteiger partial charge in [-0.3, -0.25) is 39.4 Å². The fraction of sp³-hybridized carbons (Fsp3) is 0.538. The smallest absolute Gasteiger partial charge is 0.407 e. The summed E-state index contributed by atoms with van der Waals surface area (Å²) in [5.74, 6) is -2.90. The lowest BCUT2D eigenvalue weighted by atomic mass is 9.96. The second kappa shape index (κ2) is 23.8. The highest BCUT2D eigenvalue weighted by molar-refractivity contribution is 5.95. The third-order valence-corrected chi connectivity index (χ3v) is 14.7. The van der Waals surface area contributed by atoms with Crippen LogP contribution in [-0.4, -0.2) is 133 Å². The number of methoxy groups -OCH3 is 2. The molecule has 3 aromatic rings. The van der Waals surface area contributed by atoms with Crippen molar-refractivity contribution in [2.45, 2.75) is 115 Å². The number of likely N-dealkylation sites (tertiary alicyclic amines) is 2. The molecule has 4 saturated heterocycles. The Morgan fingerprint density at radius 3 is 1.50 bits per heavy atom. The van der Waals surface area contributed by atoms with E-state index in [1.807, 2.05) is 9.80 Å². The van der Waals surface area contributed by atoms with E-state index in [4.69, 9.17) is 14.2 Å². The first-order chi connectivity index (χ1) is 35.3. The lowest BCUT2D eigenvalue weighted by molar-refractivity contribution is -0.385. The Hall–Kier alpha value is -7.23. The minimum atomic E-state index is -0.963. The third kappa shape index (κ3) is 11.9. The number of ether oxygens (including phenoxy) is 3. The van der Waals surface area contributed by atoms with Gasteiger partial charge in [0.15, 0.2) is 11.6 Å². The van der Waals surface area contributed by atoms with Gasteiger partial charge in [0.25, 0.3) is 11.4 Å².